The minimum atomic E-state index is -0.923. The molecule has 1 aromatic carbocycles. The first kappa shape index (κ1) is 21.7. The number of aliphatic hydroxyl groups excluding tert-OH is 1. The maximum atomic E-state index is 12.4. The minimum Gasteiger partial charge on any atom is -0.478 e. The monoisotopic (exact) mass is 399 g/mol. The van der Waals surface area contributed by atoms with Crippen LogP contribution in [0.1, 0.15) is 67.8 Å². The molecular weight excluding hydrogens is 366 g/mol. The molecule has 1 heterocycles. The number of hydrogen-bond donors (Lipinski definition) is 2. The summed E-state index contributed by atoms with van der Waals surface area (Å²) in [5.41, 5.74) is 1.36. The molecule has 2 atom stereocenters. The summed E-state index contributed by atoms with van der Waals surface area (Å²) in [6, 6.07) is 6.66. The third-order valence-corrected chi connectivity index (χ3v) is 6.74. The lowest BCUT2D eigenvalue weighted by Crippen LogP contribution is -2.41. The van der Waals surface area contributed by atoms with Gasteiger partial charge in [0.15, 0.2) is 5.78 Å². The molecule has 5 heteroatoms. The van der Waals surface area contributed by atoms with Crippen molar-refractivity contribution in [2.45, 2.75) is 70.4 Å². The van der Waals surface area contributed by atoms with Gasteiger partial charge in [0.25, 0.3) is 0 Å². The van der Waals surface area contributed by atoms with E-state index in [1.165, 1.54) is 6.42 Å². The number of rotatable bonds is 10. The number of unbranched alkanes of at least 4 members (excludes halogenated alkanes) is 1. The summed E-state index contributed by atoms with van der Waals surface area (Å²) in [5.74, 6) is -0.709. The van der Waals surface area contributed by atoms with E-state index in [2.05, 4.69) is 11.8 Å². The van der Waals surface area contributed by atoms with Crippen molar-refractivity contribution >= 4 is 11.8 Å². The van der Waals surface area contributed by atoms with Crippen LogP contribution in [0.25, 0.3) is 0 Å². The smallest absolute Gasteiger partial charge is 0.335 e. The third-order valence-electron chi connectivity index (χ3n) is 6.74. The van der Waals surface area contributed by atoms with Crippen molar-refractivity contribution in [3.8, 4) is 0 Å². The molecule has 158 valence electrons. The van der Waals surface area contributed by atoms with Crippen molar-refractivity contribution in [1.29, 1.82) is 0 Å². The lowest BCUT2D eigenvalue weighted by Gasteiger charge is -2.45. The Morgan fingerprint density at radius 3 is 2.62 bits per heavy atom. The first-order chi connectivity index (χ1) is 13.9. The molecule has 1 saturated heterocycles. The Hall–Kier alpha value is -1.98. The molecule has 5 nitrogen and oxygen atoms in total. The lowest BCUT2D eigenvalue weighted by molar-refractivity contribution is -0.118. The Labute approximate surface area is 173 Å². The van der Waals surface area contributed by atoms with Gasteiger partial charge in [-0.25, -0.2) is 4.79 Å². The van der Waals surface area contributed by atoms with E-state index < -0.39 is 12.1 Å². The minimum absolute atomic E-state index is 0.0187. The third kappa shape index (κ3) is 5.14. The van der Waals surface area contributed by atoms with Crippen molar-refractivity contribution in [1.82, 2.24) is 4.90 Å². The molecule has 2 N–H and O–H groups in total. The van der Waals surface area contributed by atoms with Crippen LogP contribution < -0.4 is 0 Å². The maximum Gasteiger partial charge on any atom is 0.335 e. The molecule has 2 aliphatic rings. The van der Waals surface area contributed by atoms with Gasteiger partial charge in [-0.05, 0) is 48.8 Å². The highest BCUT2D eigenvalue weighted by Crippen LogP contribution is 2.48. The molecule has 0 amide bonds. The van der Waals surface area contributed by atoms with Gasteiger partial charge in [-0.2, -0.15) is 0 Å². The van der Waals surface area contributed by atoms with E-state index in [0.717, 1.165) is 57.2 Å². The number of aliphatic hydroxyl groups is 1. The molecule has 0 aromatic heterocycles. The number of nitrogens with zero attached hydrogens (tertiary/aromatic N) is 1. The molecule has 2 fully saturated rings. The van der Waals surface area contributed by atoms with Crippen LogP contribution in [0, 0.1) is 5.41 Å². The zero-order valence-corrected chi connectivity index (χ0v) is 17.3. The van der Waals surface area contributed by atoms with Crippen molar-refractivity contribution in [2.24, 2.45) is 5.41 Å². The molecule has 0 unspecified atom stereocenters. The van der Waals surface area contributed by atoms with Gasteiger partial charge in [0, 0.05) is 19.5 Å². The van der Waals surface area contributed by atoms with Crippen LogP contribution in [0.3, 0.4) is 0 Å². The quantitative estimate of drug-likeness (QED) is 0.585. The van der Waals surface area contributed by atoms with E-state index in [1.807, 2.05) is 24.3 Å². The molecule has 29 heavy (non-hydrogen) atoms. The van der Waals surface area contributed by atoms with Crippen LogP contribution in [0.2, 0.25) is 0 Å². The van der Waals surface area contributed by atoms with Crippen molar-refractivity contribution in [3.63, 3.8) is 0 Å². The van der Waals surface area contributed by atoms with Gasteiger partial charge in [-0.3, -0.25) is 9.69 Å². The fraction of sp³-hybridized carbons (Fsp3) is 0.583. The van der Waals surface area contributed by atoms with Gasteiger partial charge in [0.2, 0.25) is 0 Å². The molecule has 1 aromatic rings. The summed E-state index contributed by atoms with van der Waals surface area (Å²) in [6.07, 6.45) is 11.3. The summed E-state index contributed by atoms with van der Waals surface area (Å²) >= 11 is 0. The van der Waals surface area contributed by atoms with Gasteiger partial charge >= 0.3 is 5.97 Å². The largest absolute Gasteiger partial charge is 0.478 e. The number of carboxylic acids is 1. The van der Waals surface area contributed by atoms with Crippen LogP contribution in [-0.4, -0.2) is 52.1 Å². The highest BCUT2D eigenvalue weighted by atomic mass is 16.4. The standard InChI is InChI=1S/C24H33NO4/c1-2-3-13-24(14-4-15-24)22(27)10-9-20-21(26)12-17-25(20)16-11-18-5-7-19(8-6-18)23(28)29/h5-10,20,22,27H,2-4,11-17H2,1H3,(H,28,29)/t20-,22+/m1/s1. The maximum absolute atomic E-state index is 12.4. The zero-order chi connectivity index (χ0) is 20.9. The van der Waals surface area contributed by atoms with Crippen LogP contribution in [0.5, 0.6) is 0 Å². The molecule has 0 spiro atoms. The van der Waals surface area contributed by atoms with E-state index in [1.54, 1.807) is 12.1 Å². The van der Waals surface area contributed by atoms with E-state index in [-0.39, 0.29) is 22.8 Å². The second-order valence-corrected chi connectivity index (χ2v) is 8.60. The molecule has 1 aliphatic heterocycles. The summed E-state index contributed by atoms with van der Waals surface area (Å²) in [6.45, 7) is 3.65. The topological polar surface area (TPSA) is 77.8 Å². The van der Waals surface area contributed by atoms with E-state index in [4.69, 9.17) is 5.11 Å². The SMILES string of the molecule is CCCCC1([C@@H](O)C=C[C@@H]2C(=O)CCN2CCc2ccc(C(=O)O)cc2)CCC1. The Bertz CT molecular complexity index is 736. The zero-order valence-electron chi connectivity index (χ0n) is 17.3. The predicted octanol–water partition coefficient (Wildman–Crippen LogP) is 3.85. The van der Waals surface area contributed by atoms with Gasteiger partial charge in [0.05, 0.1) is 17.7 Å². The number of likely N-dealkylation sites (tertiary alicyclic amines) is 1. The number of hydrogen-bond acceptors (Lipinski definition) is 4. The van der Waals surface area contributed by atoms with Crippen LogP contribution in [-0.2, 0) is 11.2 Å². The number of carbonyl (C=O) groups is 2. The first-order valence-corrected chi connectivity index (χ1v) is 10.9. The second kappa shape index (κ2) is 9.68. The Morgan fingerprint density at radius 2 is 2.03 bits per heavy atom. The Balaban J connectivity index is 1.58. The van der Waals surface area contributed by atoms with Gasteiger partial charge in [0.1, 0.15) is 0 Å². The summed E-state index contributed by atoms with van der Waals surface area (Å²) in [4.78, 5) is 25.5. The summed E-state index contributed by atoms with van der Waals surface area (Å²) in [5, 5.41) is 19.8. The van der Waals surface area contributed by atoms with Crippen molar-refractivity contribution in [2.75, 3.05) is 13.1 Å². The van der Waals surface area contributed by atoms with Gasteiger partial charge < -0.3 is 10.2 Å². The molecule has 3 rings (SSSR count). The highest BCUT2D eigenvalue weighted by molar-refractivity contribution is 5.88. The van der Waals surface area contributed by atoms with E-state index >= 15 is 0 Å². The number of carbonyl (C=O) groups excluding carboxylic acids is 1. The normalized spacial score (nSPS) is 22.7. The van der Waals surface area contributed by atoms with Crippen LogP contribution in [0.4, 0.5) is 0 Å². The Morgan fingerprint density at radius 1 is 1.31 bits per heavy atom. The molecule has 0 radical (unpaired) electrons. The average molecular weight is 400 g/mol. The number of ketones is 1. The average Bonchev–Trinajstić information content (AvgIpc) is 3.03. The number of benzene rings is 1. The van der Waals surface area contributed by atoms with Crippen LogP contribution >= 0.6 is 0 Å². The van der Waals surface area contributed by atoms with E-state index in [9.17, 15) is 14.7 Å². The number of Topliss-reactive ketones (excluding diaryl/α,β-unsaturated/α-hetero) is 1. The van der Waals surface area contributed by atoms with E-state index in [0.29, 0.717) is 6.42 Å². The molecule has 0 bridgehead atoms. The predicted molar refractivity (Wildman–Crippen MR) is 113 cm³/mol. The van der Waals surface area contributed by atoms with Crippen LogP contribution in [0.15, 0.2) is 36.4 Å². The summed E-state index contributed by atoms with van der Waals surface area (Å²) < 4.78 is 0. The Kier molecular flexibility index (Phi) is 7.25. The number of aromatic carboxylic acids is 1. The second-order valence-electron chi connectivity index (χ2n) is 8.60. The molecular formula is C24H33NO4. The highest BCUT2D eigenvalue weighted by Gasteiger charge is 2.41. The molecule has 1 saturated carbocycles. The fourth-order valence-electron chi connectivity index (χ4n) is 4.58. The first-order valence-electron chi connectivity index (χ1n) is 10.9. The lowest BCUT2D eigenvalue weighted by atomic mass is 9.62. The van der Waals surface area contributed by atoms with Crippen molar-refractivity contribution < 1.29 is 19.8 Å². The van der Waals surface area contributed by atoms with Crippen molar-refractivity contribution in [3.05, 3.63) is 47.5 Å². The number of carboxylic acid groups (broad SMARTS) is 1. The van der Waals surface area contributed by atoms with Gasteiger partial charge in [-0.1, -0.05) is 50.5 Å². The fourth-order valence-corrected chi connectivity index (χ4v) is 4.58. The van der Waals surface area contributed by atoms with Gasteiger partial charge in [-0.15, -0.1) is 0 Å². The summed E-state index contributed by atoms with van der Waals surface area (Å²) in [7, 11) is 0. The molecule has 1 aliphatic carbocycles.